The van der Waals surface area contributed by atoms with E-state index >= 15 is 0 Å². The first-order valence-corrected chi connectivity index (χ1v) is 11.3. The summed E-state index contributed by atoms with van der Waals surface area (Å²) in [5.74, 6) is 0.130. The van der Waals surface area contributed by atoms with Crippen LogP contribution >= 0.6 is 0 Å². The maximum Gasteiger partial charge on any atom is 0.220 e. The third-order valence-corrected chi connectivity index (χ3v) is 5.85. The van der Waals surface area contributed by atoms with Gasteiger partial charge in [0.1, 0.15) is 0 Å². The molecule has 5 heteroatoms. The molecule has 31 heavy (non-hydrogen) atoms. The molecule has 0 radical (unpaired) electrons. The van der Waals surface area contributed by atoms with Crippen LogP contribution in [0, 0.1) is 5.41 Å². The van der Waals surface area contributed by atoms with E-state index in [0.29, 0.717) is 13.0 Å². The molecule has 1 atom stereocenters. The van der Waals surface area contributed by atoms with Crippen LogP contribution in [0.3, 0.4) is 0 Å². The summed E-state index contributed by atoms with van der Waals surface area (Å²) in [5.41, 5.74) is 3.73. The number of hydrogen-bond acceptors (Lipinski definition) is 4. The molecule has 0 saturated carbocycles. The van der Waals surface area contributed by atoms with E-state index in [1.807, 2.05) is 0 Å². The van der Waals surface area contributed by atoms with Crippen LogP contribution in [0.2, 0.25) is 0 Å². The Kier molecular flexibility index (Phi) is 7.60. The topological polar surface area (TPSA) is 38.8 Å². The molecule has 2 aromatic carbocycles. The van der Waals surface area contributed by atoms with Crippen molar-refractivity contribution in [1.82, 2.24) is 10.2 Å². The molecule has 1 fully saturated rings. The highest BCUT2D eigenvalue weighted by molar-refractivity contribution is 5.76. The molecular weight excluding hydrogens is 384 g/mol. The van der Waals surface area contributed by atoms with Gasteiger partial charge in [0.15, 0.2) is 0 Å². The molecule has 0 aromatic heterocycles. The lowest BCUT2D eigenvalue weighted by Crippen LogP contribution is -2.50. The molecule has 1 aliphatic rings. The molecule has 1 aliphatic heterocycles. The fraction of sp³-hybridized carbons (Fsp3) is 0.500. The number of rotatable bonds is 7. The lowest BCUT2D eigenvalue weighted by Gasteiger charge is -2.40. The van der Waals surface area contributed by atoms with E-state index in [4.69, 9.17) is 0 Å². The Bertz CT molecular complexity index is 819. The molecule has 3 rings (SSSR count). The summed E-state index contributed by atoms with van der Waals surface area (Å²) in [7, 11) is 4.12. The van der Waals surface area contributed by atoms with Crippen LogP contribution in [-0.4, -0.2) is 57.6 Å². The van der Waals surface area contributed by atoms with Crippen molar-refractivity contribution in [2.24, 2.45) is 5.41 Å². The van der Waals surface area contributed by atoms with Gasteiger partial charge < -0.3 is 15.1 Å². The highest BCUT2D eigenvalue weighted by Gasteiger charge is 2.26. The van der Waals surface area contributed by atoms with E-state index in [0.717, 1.165) is 26.2 Å². The second kappa shape index (κ2) is 10.2. The van der Waals surface area contributed by atoms with Crippen LogP contribution in [0.15, 0.2) is 54.6 Å². The Balaban J connectivity index is 1.70. The fourth-order valence-electron chi connectivity index (χ4n) is 4.14. The van der Waals surface area contributed by atoms with Crippen LogP contribution < -0.4 is 15.1 Å². The summed E-state index contributed by atoms with van der Waals surface area (Å²) in [4.78, 5) is 19.6. The Labute approximate surface area is 188 Å². The zero-order valence-corrected chi connectivity index (χ0v) is 19.8. The first kappa shape index (κ1) is 23.1. The number of anilines is 2. The van der Waals surface area contributed by atoms with Crippen LogP contribution in [0.4, 0.5) is 11.4 Å². The Morgan fingerprint density at radius 1 is 0.968 bits per heavy atom. The molecule has 1 N–H and O–H groups in total. The van der Waals surface area contributed by atoms with Crippen LogP contribution in [0.1, 0.15) is 38.8 Å². The molecule has 0 unspecified atom stereocenters. The minimum atomic E-state index is -0.00571. The van der Waals surface area contributed by atoms with Gasteiger partial charge in [-0.25, -0.2) is 0 Å². The molecule has 1 amide bonds. The van der Waals surface area contributed by atoms with Crippen molar-refractivity contribution < 1.29 is 4.79 Å². The van der Waals surface area contributed by atoms with Gasteiger partial charge in [-0.15, -0.1) is 0 Å². The van der Waals surface area contributed by atoms with Crippen LogP contribution in [0.25, 0.3) is 0 Å². The van der Waals surface area contributed by atoms with E-state index in [1.54, 1.807) is 0 Å². The maximum atomic E-state index is 12.5. The van der Waals surface area contributed by atoms with Gasteiger partial charge in [0.2, 0.25) is 5.91 Å². The van der Waals surface area contributed by atoms with E-state index < -0.39 is 0 Å². The van der Waals surface area contributed by atoms with Gasteiger partial charge in [0, 0.05) is 64.6 Å². The molecule has 5 nitrogen and oxygen atoms in total. The summed E-state index contributed by atoms with van der Waals surface area (Å²) in [6.45, 7) is 10.9. The first-order valence-electron chi connectivity index (χ1n) is 11.3. The van der Waals surface area contributed by atoms with Gasteiger partial charge >= 0.3 is 0 Å². The van der Waals surface area contributed by atoms with E-state index in [9.17, 15) is 4.79 Å². The van der Waals surface area contributed by atoms with Crippen molar-refractivity contribution in [3.63, 3.8) is 0 Å². The molecular formula is C26H38N4O. The highest BCUT2D eigenvalue weighted by Crippen LogP contribution is 2.26. The van der Waals surface area contributed by atoms with Gasteiger partial charge in [0.05, 0.1) is 6.04 Å². The van der Waals surface area contributed by atoms with Gasteiger partial charge in [-0.05, 0) is 35.2 Å². The van der Waals surface area contributed by atoms with Gasteiger partial charge in [-0.2, -0.15) is 0 Å². The molecule has 168 valence electrons. The predicted molar refractivity (Wildman–Crippen MR) is 131 cm³/mol. The smallest absolute Gasteiger partial charge is 0.220 e. The summed E-state index contributed by atoms with van der Waals surface area (Å²) in [6, 6.07) is 19.5. The number of nitrogens with one attached hydrogen (secondary N) is 1. The van der Waals surface area contributed by atoms with Crippen molar-refractivity contribution in [3.05, 3.63) is 60.2 Å². The van der Waals surface area contributed by atoms with Crippen molar-refractivity contribution in [2.75, 3.05) is 56.6 Å². The normalized spacial score (nSPS) is 16.1. The molecule has 0 spiro atoms. The first-order chi connectivity index (χ1) is 14.7. The number of nitrogens with zero attached hydrogens (tertiary/aromatic N) is 3. The lowest BCUT2D eigenvalue weighted by molar-refractivity contribution is -0.123. The molecule has 0 bridgehead atoms. The zero-order chi connectivity index (χ0) is 22.4. The number of piperazine rings is 1. The second-order valence-electron chi connectivity index (χ2n) is 9.90. The minimum Gasteiger partial charge on any atom is -0.378 e. The Morgan fingerprint density at radius 3 is 2.13 bits per heavy atom. The zero-order valence-electron chi connectivity index (χ0n) is 19.8. The van der Waals surface area contributed by atoms with E-state index in [2.05, 4.69) is 109 Å². The lowest BCUT2D eigenvalue weighted by atomic mass is 9.92. The van der Waals surface area contributed by atoms with E-state index in [-0.39, 0.29) is 17.4 Å². The largest absolute Gasteiger partial charge is 0.378 e. The number of carbonyl (C=O) groups excluding carboxylic acids is 1. The number of para-hydroxylation sites is 1. The number of hydrogen-bond donors (Lipinski definition) is 1. The quantitative estimate of drug-likeness (QED) is 0.727. The maximum absolute atomic E-state index is 12.5. The average molecular weight is 423 g/mol. The summed E-state index contributed by atoms with van der Waals surface area (Å²) < 4.78 is 0. The fourth-order valence-corrected chi connectivity index (χ4v) is 4.14. The minimum absolute atomic E-state index is 0.00571. The monoisotopic (exact) mass is 422 g/mol. The average Bonchev–Trinajstić information content (AvgIpc) is 2.74. The summed E-state index contributed by atoms with van der Waals surface area (Å²) in [6.07, 6.45) is 0.543. The van der Waals surface area contributed by atoms with Crippen LogP contribution in [-0.2, 0) is 4.79 Å². The van der Waals surface area contributed by atoms with Gasteiger partial charge in [0.25, 0.3) is 0 Å². The van der Waals surface area contributed by atoms with Crippen LogP contribution in [0.5, 0.6) is 0 Å². The summed E-state index contributed by atoms with van der Waals surface area (Å²) in [5, 5.41) is 3.21. The van der Waals surface area contributed by atoms with Crippen molar-refractivity contribution in [3.8, 4) is 0 Å². The molecule has 1 heterocycles. The predicted octanol–water partition coefficient (Wildman–Crippen LogP) is 4.17. The van der Waals surface area contributed by atoms with Gasteiger partial charge in [-0.3, -0.25) is 9.69 Å². The molecule has 2 aromatic rings. The molecule has 0 aliphatic carbocycles. The summed E-state index contributed by atoms with van der Waals surface area (Å²) >= 11 is 0. The van der Waals surface area contributed by atoms with Crippen molar-refractivity contribution in [2.45, 2.75) is 33.2 Å². The van der Waals surface area contributed by atoms with Gasteiger partial charge in [-0.1, -0.05) is 51.1 Å². The highest BCUT2D eigenvalue weighted by atomic mass is 16.1. The second-order valence-corrected chi connectivity index (χ2v) is 9.90. The number of benzene rings is 2. The van der Waals surface area contributed by atoms with Crippen molar-refractivity contribution in [1.29, 1.82) is 0 Å². The molecule has 1 saturated heterocycles. The van der Waals surface area contributed by atoms with E-state index in [1.165, 1.54) is 16.9 Å². The SMILES string of the molecule is CN(C)c1ccc([C@@H](CNC(=O)CC(C)(C)C)N2CCN(c3ccccc3)CC2)cc1. The number of amides is 1. The standard InChI is InChI=1S/C26H38N4O/c1-26(2,3)19-25(31)27-20-24(21-11-13-22(14-12-21)28(4)5)30-17-15-29(16-18-30)23-9-7-6-8-10-23/h6-14,24H,15-20H2,1-5H3,(H,27,31)/t24-/m1/s1. The third-order valence-electron chi connectivity index (χ3n) is 5.85. The third kappa shape index (κ3) is 6.73. The Hall–Kier alpha value is -2.53. The number of carbonyl (C=O) groups is 1. The van der Waals surface area contributed by atoms with Crippen molar-refractivity contribution >= 4 is 17.3 Å². The Morgan fingerprint density at radius 2 is 1.58 bits per heavy atom.